The van der Waals surface area contributed by atoms with Crippen molar-refractivity contribution in [3.63, 3.8) is 0 Å². The lowest BCUT2D eigenvalue weighted by molar-refractivity contribution is 0.567. The van der Waals surface area contributed by atoms with Gasteiger partial charge in [-0.2, -0.15) is 5.10 Å². The zero-order valence-electron chi connectivity index (χ0n) is 9.54. The maximum Gasteiger partial charge on any atom is 0.0991 e. The number of hydrogen-bond donors (Lipinski definition) is 1. The van der Waals surface area contributed by atoms with Gasteiger partial charge in [0.05, 0.1) is 11.9 Å². The summed E-state index contributed by atoms with van der Waals surface area (Å²) in [5.74, 6) is 0. The van der Waals surface area contributed by atoms with Gasteiger partial charge in [-0.25, -0.2) is 0 Å². The number of nitrogens with two attached hydrogens (primary N) is 1. The van der Waals surface area contributed by atoms with E-state index in [0.717, 1.165) is 18.7 Å². The lowest BCUT2D eigenvalue weighted by atomic mass is 10.3. The molecule has 0 aliphatic rings. The highest BCUT2D eigenvalue weighted by molar-refractivity contribution is 5.01. The molecule has 0 saturated heterocycles. The summed E-state index contributed by atoms with van der Waals surface area (Å²) in [5, 5.41) is 12.1. The number of rotatable bonds is 4. The molecule has 0 saturated carbocycles. The summed E-state index contributed by atoms with van der Waals surface area (Å²) in [4.78, 5) is 0. The van der Waals surface area contributed by atoms with E-state index in [-0.39, 0.29) is 6.04 Å². The van der Waals surface area contributed by atoms with Gasteiger partial charge in [-0.15, -0.1) is 5.10 Å². The lowest BCUT2D eigenvalue weighted by Crippen LogP contribution is -2.06. The van der Waals surface area contributed by atoms with Crippen molar-refractivity contribution >= 4 is 0 Å². The summed E-state index contributed by atoms with van der Waals surface area (Å²) in [6.45, 7) is 2.69. The van der Waals surface area contributed by atoms with Crippen molar-refractivity contribution in [2.24, 2.45) is 12.8 Å². The third-order valence-electron chi connectivity index (χ3n) is 2.54. The van der Waals surface area contributed by atoms with Crippen molar-refractivity contribution in [1.82, 2.24) is 24.8 Å². The standard InChI is InChI=1S/C10H16N6/c1-8(11)10-7-16(14-13-10)6-4-9-3-5-12-15(9)2/h3,5,7-8H,4,6,11H2,1-2H3. The molecule has 0 radical (unpaired) electrons. The highest BCUT2D eigenvalue weighted by atomic mass is 15.4. The van der Waals surface area contributed by atoms with Crippen LogP contribution in [0, 0.1) is 0 Å². The van der Waals surface area contributed by atoms with Gasteiger partial charge in [-0.3, -0.25) is 9.36 Å². The monoisotopic (exact) mass is 220 g/mol. The Morgan fingerprint density at radius 2 is 2.31 bits per heavy atom. The van der Waals surface area contributed by atoms with Crippen LogP contribution in [0.4, 0.5) is 0 Å². The Balaban J connectivity index is 1.97. The Bertz CT molecular complexity index is 455. The van der Waals surface area contributed by atoms with E-state index >= 15 is 0 Å². The van der Waals surface area contributed by atoms with Gasteiger partial charge in [0, 0.05) is 37.9 Å². The van der Waals surface area contributed by atoms with E-state index < -0.39 is 0 Å². The number of aromatic nitrogens is 5. The Morgan fingerprint density at radius 1 is 1.50 bits per heavy atom. The minimum absolute atomic E-state index is 0.0644. The van der Waals surface area contributed by atoms with Crippen molar-refractivity contribution in [2.45, 2.75) is 25.9 Å². The summed E-state index contributed by atoms with van der Waals surface area (Å²) >= 11 is 0. The largest absolute Gasteiger partial charge is 0.323 e. The average Bonchev–Trinajstić information content (AvgIpc) is 2.83. The minimum Gasteiger partial charge on any atom is -0.323 e. The van der Waals surface area contributed by atoms with Gasteiger partial charge in [0.1, 0.15) is 0 Å². The average molecular weight is 220 g/mol. The number of aryl methyl sites for hydroxylation is 3. The molecule has 0 amide bonds. The van der Waals surface area contributed by atoms with Crippen LogP contribution in [-0.2, 0) is 20.0 Å². The van der Waals surface area contributed by atoms with E-state index in [1.807, 2.05) is 35.6 Å². The SMILES string of the molecule is CC(N)c1cn(CCc2ccnn2C)nn1. The van der Waals surface area contributed by atoms with Gasteiger partial charge in [0.2, 0.25) is 0 Å². The third kappa shape index (κ3) is 2.27. The van der Waals surface area contributed by atoms with E-state index in [2.05, 4.69) is 15.4 Å². The molecular weight excluding hydrogens is 204 g/mol. The smallest absolute Gasteiger partial charge is 0.0991 e. The van der Waals surface area contributed by atoms with Crippen molar-refractivity contribution < 1.29 is 0 Å². The molecule has 16 heavy (non-hydrogen) atoms. The van der Waals surface area contributed by atoms with Gasteiger partial charge in [0.25, 0.3) is 0 Å². The normalized spacial score (nSPS) is 12.9. The van der Waals surface area contributed by atoms with E-state index in [1.165, 1.54) is 5.69 Å². The Morgan fingerprint density at radius 3 is 2.88 bits per heavy atom. The maximum atomic E-state index is 5.71. The van der Waals surface area contributed by atoms with Crippen LogP contribution in [0.3, 0.4) is 0 Å². The fourth-order valence-electron chi connectivity index (χ4n) is 1.51. The van der Waals surface area contributed by atoms with Crippen LogP contribution in [0.25, 0.3) is 0 Å². The molecule has 2 rings (SSSR count). The molecule has 2 aromatic heterocycles. The maximum absolute atomic E-state index is 5.71. The molecule has 6 heteroatoms. The van der Waals surface area contributed by atoms with Crippen LogP contribution < -0.4 is 5.73 Å². The number of nitrogens with zero attached hydrogens (tertiary/aromatic N) is 5. The first kappa shape index (κ1) is 10.8. The zero-order valence-corrected chi connectivity index (χ0v) is 9.54. The second kappa shape index (κ2) is 4.44. The Labute approximate surface area is 94.1 Å². The first-order chi connectivity index (χ1) is 7.66. The molecule has 0 aromatic carbocycles. The van der Waals surface area contributed by atoms with E-state index in [4.69, 9.17) is 5.73 Å². The highest BCUT2D eigenvalue weighted by Crippen LogP contribution is 2.05. The van der Waals surface area contributed by atoms with Gasteiger partial charge in [0.15, 0.2) is 0 Å². The molecule has 2 heterocycles. The van der Waals surface area contributed by atoms with Crippen molar-refractivity contribution in [1.29, 1.82) is 0 Å². The molecule has 0 aliphatic carbocycles. The van der Waals surface area contributed by atoms with E-state index in [0.29, 0.717) is 0 Å². The van der Waals surface area contributed by atoms with Crippen LogP contribution in [0.5, 0.6) is 0 Å². The van der Waals surface area contributed by atoms with Crippen LogP contribution >= 0.6 is 0 Å². The fourth-order valence-corrected chi connectivity index (χ4v) is 1.51. The van der Waals surface area contributed by atoms with Crippen LogP contribution in [0.1, 0.15) is 24.4 Å². The summed E-state index contributed by atoms with van der Waals surface area (Å²) in [5.41, 5.74) is 7.71. The topological polar surface area (TPSA) is 74.6 Å². The van der Waals surface area contributed by atoms with Crippen LogP contribution in [0.2, 0.25) is 0 Å². The van der Waals surface area contributed by atoms with Crippen LogP contribution in [-0.4, -0.2) is 24.8 Å². The quantitative estimate of drug-likeness (QED) is 0.802. The molecule has 1 atom stereocenters. The summed E-state index contributed by atoms with van der Waals surface area (Å²) in [6, 6.07) is 1.94. The van der Waals surface area contributed by atoms with Gasteiger partial charge in [-0.1, -0.05) is 5.21 Å². The third-order valence-corrected chi connectivity index (χ3v) is 2.54. The predicted molar refractivity (Wildman–Crippen MR) is 59.5 cm³/mol. The van der Waals surface area contributed by atoms with Gasteiger partial charge >= 0.3 is 0 Å². The molecule has 2 N–H and O–H groups in total. The summed E-state index contributed by atoms with van der Waals surface area (Å²) in [7, 11) is 1.93. The fraction of sp³-hybridized carbons (Fsp3) is 0.500. The molecule has 1 unspecified atom stereocenters. The summed E-state index contributed by atoms with van der Waals surface area (Å²) in [6.07, 6.45) is 4.57. The number of hydrogen-bond acceptors (Lipinski definition) is 4. The first-order valence-electron chi connectivity index (χ1n) is 5.29. The molecule has 2 aromatic rings. The minimum atomic E-state index is -0.0644. The van der Waals surface area contributed by atoms with Crippen molar-refractivity contribution in [3.05, 3.63) is 29.8 Å². The second-order valence-corrected chi connectivity index (χ2v) is 3.89. The second-order valence-electron chi connectivity index (χ2n) is 3.89. The first-order valence-corrected chi connectivity index (χ1v) is 5.29. The Kier molecular flexibility index (Phi) is 3.00. The highest BCUT2D eigenvalue weighted by Gasteiger charge is 2.05. The molecule has 0 bridgehead atoms. The molecule has 86 valence electrons. The van der Waals surface area contributed by atoms with Gasteiger partial charge < -0.3 is 5.73 Å². The van der Waals surface area contributed by atoms with Crippen LogP contribution in [0.15, 0.2) is 18.5 Å². The van der Waals surface area contributed by atoms with E-state index in [9.17, 15) is 0 Å². The molecule has 0 spiro atoms. The van der Waals surface area contributed by atoms with Gasteiger partial charge in [-0.05, 0) is 13.0 Å². The van der Waals surface area contributed by atoms with Crippen molar-refractivity contribution in [3.8, 4) is 0 Å². The zero-order chi connectivity index (χ0) is 11.5. The van der Waals surface area contributed by atoms with Crippen molar-refractivity contribution in [2.75, 3.05) is 0 Å². The summed E-state index contributed by atoms with van der Waals surface area (Å²) < 4.78 is 3.68. The molecular formula is C10H16N6. The molecule has 6 nitrogen and oxygen atoms in total. The molecule has 0 fully saturated rings. The Hall–Kier alpha value is -1.69. The lowest BCUT2D eigenvalue weighted by Gasteiger charge is -2.01. The predicted octanol–water partition coefficient (Wildman–Crippen LogP) is 0.274. The van der Waals surface area contributed by atoms with E-state index in [1.54, 1.807) is 6.20 Å². The molecule has 0 aliphatic heterocycles.